The van der Waals surface area contributed by atoms with E-state index in [0.717, 1.165) is 14.8 Å². The minimum Gasteiger partial charge on any atom is -0.295 e. The second kappa shape index (κ2) is 3.87. The largest absolute Gasteiger partial charge is 0.295 e. The summed E-state index contributed by atoms with van der Waals surface area (Å²) in [4.78, 5) is 11.8. The van der Waals surface area contributed by atoms with Gasteiger partial charge in [0.05, 0.1) is 4.34 Å². The summed E-state index contributed by atoms with van der Waals surface area (Å²) in [5, 5.41) is 0. The van der Waals surface area contributed by atoms with Gasteiger partial charge in [0.2, 0.25) is 0 Å². The maximum atomic E-state index is 10.7. The van der Waals surface area contributed by atoms with Crippen molar-refractivity contribution < 1.29 is 4.79 Å². The fraction of sp³-hybridized carbons (Fsp3) is 0.222. The molecule has 0 aliphatic rings. The Kier molecular flexibility index (Phi) is 3.06. The van der Waals surface area contributed by atoms with Gasteiger partial charge >= 0.3 is 0 Å². The molecule has 0 atom stereocenters. The zero-order valence-corrected chi connectivity index (χ0v) is 8.50. The van der Waals surface area contributed by atoms with Crippen molar-refractivity contribution in [3.8, 4) is 0 Å². The molecule has 0 aliphatic heterocycles. The van der Waals surface area contributed by atoms with E-state index < -0.39 is 0 Å². The molecule has 1 nitrogen and oxygen atoms in total. The summed E-state index contributed by atoms with van der Waals surface area (Å²) in [6, 6.07) is 3.75. The Morgan fingerprint density at radius 2 is 2.17 bits per heavy atom. The molecule has 0 saturated carbocycles. The van der Waals surface area contributed by atoms with Crippen LogP contribution >= 0.6 is 22.9 Å². The van der Waals surface area contributed by atoms with Crippen molar-refractivity contribution in [1.29, 1.82) is 0 Å². The number of hydrogen-bond donors (Lipinski definition) is 0. The molecular formula is C9H9ClOS. The van der Waals surface area contributed by atoms with Gasteiger partial charge in [-0.25, -0.2) is 0 Å². The van der Waals surface area contributed by atoms with E-state index in [1.807, 2.05) is 19.1 Å². The summed E-state index contributed by atoms with van der Waals surface area (Å²) in [7, 11) is 0. The van der Waals surface area contributed by atoms with Crippen LogP contribution in [0, 0.1) is 0 Å². The van der Waals surface area contributed by atoms with Crippen molar-refractivity contribution in [3.05, 3.63) is 27.4 Å². The Labute approximate surface area is 80.7 Å². The molecule has 3 heteroatoms. The average Bonchev–Trinajstić information content (AvgIpc) is 2.34. The van der Waals surface area contributed by atoms with E-state index >= 15 is 0 Å². The number of halogens is 1. The second-order valence-electron chi connectivity index (χ2n) is 2.54. The van der Waals surface area contributed by atoms with Crippen molar-refractivity contribution in [1.82, 2.24) is 0 Å². The molecule has 0 bridgehead atoms. The number of ketones is 1. The highest BCUT2D eigenvalue weighted by Crippen LogP contribution is 2.27. The molecular weight excluding hydrogens is 192 g/mol. The Balaban J connectivity index is 2.91. The Morgan fingerprint density at radius 1 is 1.50 bits per heavy atom. The van der Waals surface area contributed by atoms with Crippen LogP contribution in [0.5, 0.6) is 0 Å². The molecule has 0 saturated heterocycles. The lowest BCUT2D eigenvalue weighted by molar-refractivity contribution is -0.112. The van der Waals surface area contributed by atoms with Crippen LogP contribution in [0.4, 0.5) is 0 Å². The Morgan fingerprint density at radius 3 is 2.58 bits per heavy atom. The number of rotatable bonds is 2. The lowest BCUT2D eigenvalue weighted by atomic mass is 10.2. The number of hydrogen-bond acceptors (Lipinski definition) is 2. The van der Waals surface area contributed by atoms with Gasteiger partial charge in [-0.1, -0.05) is 11.6 Å². The highest BCUT2D eigenvalue weighted by atomic mass is 35.5. The predicted octanol–water partition coefficient (Wildman–Crippen LogP) is 3.39. The van der Waals surface area contributed by atoms with Crippen LogP contribution in [0.3, 0.4) is 0 Å². The fourth-order valence-electron chi connectivity index (χ4n) is 0.902. The fourth-order valence-corrected chi connectivity index (χ4v) is 1.92. The van der Waals surface area contributed by atoms with Crippen LogP contribution < -0.4 is 0 Å². The van der Waals surface area contributed by atoms with Crippen molar-refractivity contribution in [3.63, 3.8) is 0 Å². The first-order valence-electron chi connectivity index (χ1n) is 3.54. The quantitative estimate of drug-likeness (QED) is 0.669. The molecule has 0 aromatic carbocycles. The molecule has 0 spiro atoms. The molecule has 1 aromatic rings. The summed E-state index contributed by atoms with van der Waals surface area (Å²) in [6.07, 6.45) is 1.61. The zero-order chi connectivity index (χ0) is 9.14. The van der Waals surface area contributed by atoms with E-state index in [4.69, 9.17) is 11.6 Å². The van der Waals surface area contributed by atoms with Crippen LogP contribution in [0.2, 0.25) is 4.34 Å². The van der Waals surface area contributed by atoms with E-state index in [0.29, 0.717) is 0 Å². The standard InChI is InChI=1S/C9H9ClOS/c1-6(5-7(2)11)8-3-4-9(10)12-8/h3-5H,1-2H3/b6-5-. The smallest absolute Gasteiger partial charge is 0.152 e. The summed E-state index contributed by atoms with van der Waals surface area (Å²) >= 11 is 7.23. The predicted molar refractivity (Wildman–Crippen MR) is 53.7 cm³/mol. The SMILES string of the molecule is CC(=O)/C=C(/C)c1ccc(Cl)s1. The van der Waals surface area contributed by atoms with E-state index in [9.17, 15) is 4.79 Å². The second-order valence-corrected chi connectivity index (χ2v) is 4.26. The van der Waals surface area contributed by atoms with Gasteiger partial charge in [0.15, 0.2) is 5.78 Å². The van der Waals surface area contributed by atoms with Gasteiger partial charge in [-0.05, 0) is 37.6 Å². The monoisotopic (exact) mass is 200 g/mol. The maximum Gasteiger partial charge on any atom is 0.152 e. The first-order valence-corrected chi connectivity index (χ1v) is 4.73. The van der Waals surface area contributed by atoms with E-state index in [1.54, 1.807) is 13.0 Å². The Hall–Kier alpha value is -0.600. The van der Waals surface area contributed by atoms with Gasteiger partial charge in [-0.3, -0.25) is 4.79 Å². The highest BCUT2D eigenvalue weighted by Gasteiger charge is 2.00. The number of thiophene rings is 1. The normalized spacial score (nSPS) is 11.8. The minimum atomic E-state index is 0.0667. The summed E-state index contributed by atoms with van der Waals surface area (Å²) < 4.78 is 0.751. The van der Waals surface area contributed by atoms with Gasteiger partial charge < -0.3 is 0 Å². The van der Waals surface area contributed by atoms with E-state index in [1.165, 1.54) is 11.3 Å². The lowest BCUT2D eigenvalue weighted by Gasteiger charge is -1.92. The molecule has 12 heavy (non-hydrogen) atoms. The van der Waals surface area contributed by atoms with Crippen molar-refractivity contribution >= 4 is 34.3 Å². The lowest BCUT2D eigenvalue weighted by Crippen LogP contribution is -1.82. The highest BCUT2D eigenvalue weighted by molar-refractivity contribution is 7.17. The van der Waals surface area contributed by atoms with Crippen LogP contribution in [-0.2, 0) is 4.79 Å². The summed E-state index contributed by atoms with van der Waals surface area (Å²) in [5.41, 5.74) is 0.972. The van der Waals surface area contributed by atoms with Gasteiger partial charge in [-0.2, -0.15) is 0 Å². The molecule has 0 amide bonds. The third-order valence-electron chi connectivity index (χ3n) is 1.38. The topological polar surface area (TPSA) is 17.1 Å². The maximum absolute atomic E-state index is 10.7. The third-order valence-corrected chi connectivity index (χ3v) is 2.75. The number of allylic oxidation sites excluding steroid dienone is 2. The summed E-state index contributed by atoms with van der Waals surface area (Å²) in [6.45, 7) is 3.45. The van der Waals surface area contributed by atoms with Gasteiger partial charge in [0.1, 0.15) is 0 Å². The van der Waals surface area contributed by atoms with Crippen LogP contribution in [0.1, 0.15) is 18.7 Å². The molecule has 0 aliphatic carbocycles. The third kappa shape index (κ3) is 2.47. The van der Waals surface area contributed by atoms with Gasteiger partial charge in [0, 0.05) is 4.88 Å². The average molecular weight is 201 g/mol. The van der Waals surface area contributed by atoms with Gasteiger partial charge in [0.25, 0.3) is 0 Å². The zero-order valence-electron chi connectivity index (χ0n) is 6.93. The van der Waals surface area contributed by atoms with Crippen LogP contribution in [-0.4, -0.2) is 5.78 Å². The van der Waals surface area contributed by atoms with E-state index in [-0.39, 0.29) is 5.78 Å². The van der Waals surface area contributed by atoms with Crippen LogP contribution in [0.25, 0.3) is 5.57 Å². The number of carbonyl (C=O) groups is 1. The molecule has 0 unspecified atom stereocenters. The molecule has 1 rings (SSSR count). The van der Waals surface area contributed by atoms with Crippen molar-refractivity contribution in [2.45, 2.75) is 13.8 Å². The van der Waals surface area contributed by atoms with E-state index in [2.05, 4.69) is 0 Å². The summed E-state index contributed by atoms with van der Waals surface area (Å²) in [5.74, 6) is 0.0667. The van der Waals surface area contributed by atoms with Crippen molar-refractivity contribution in [2.24, 2.45) is 0 Å². The Bertz CT molecular complexity index is 325. The first kappa shape index (κ1) is 9.49. The molecule has 0 radical (unpaired) electrons. The first-order chi connectivity index (χ1) is 5.59. The molecule has 64 valence electrons. The molecule has 0 fully saturated rings. The molecule has 1 heterocycles. The van der Waals surface area contributed by atoms with Crippen molar-refractivity contribution in [2.75, 3.05) is 0 Å². The molecule has 0 N–H and O–H groups in total. The molecule has 1 aromatic heterocycles. The van der Waals surface area contributed by atoms with Crippen LogP contribution in [0.15, 0.2) is 18.2 Å². The number of carbonyl (C=O) groups excluding carboxylic acids is 1. The minimum absolute atomic E-state index is 0.0667. The van der Waals surface area contributed by atoms with Gasteiger partial charge in [-0.15, -0.1) is 11.3 Å².